The van der Waals surface area contributed by atoms with Crippen molar-refractivity contribution in [3.63, 3.8) is 0 Å². The van der Waals surface area contributed by atoms with E-state index in [2.05, 4.69) is 18.8 Å². The standard InChI is InChI=1S/C9H19N3/c1-6(2)3-7-4-8(7)5-12-9(10)11/h6-8H,3-5H2,1-2H3,(H4,10,11,12). The summed E-state index contributed by atoms with van der Waals surface area (Å²) in [5.74, 6) is 2.67. The van der Waals surface area contributed by atoms with Crippen LogP contribution >= 0.6 is 0 Å². The Morgan fingerprint density at radius 3 is 2.58 bits per heavy atom. The minimum Gasteiger partial charge on any atom is -0.370 e. The van der Waals surface area contributed by atoms with Gasteiger partial charge in [-0.05, 0) is 30.6 Å². The molecule has 0 saturated heterocycles. The van der Waals surface area contributed by atoms with Gasteiger partial charge >= 0.3 is 0 Å². The first kappa shape index (κ1) is 9.36. The Morgan fingerprint density at radius 1 is 1.42 bits per heavy atom. The molecule has 1 saturated carbocycles. The van der Waals surface area contributed by atoms with Crippen LogP contribution in [0.15, 0.2) is 4.99 Å². The van der Waals surface area contributed by atoms with Crippen LogP contribution in [0.5, 0.6) is 0 Å². The third-order valence-electron chi connectivity index (χ3n) is 2.35. The van der Waals surface area contributed by atoms with Crippen LogP contribution in [0.25, 0.3) is 0 Å². The molecule has 0 spiro atoms. The number of rotatable bonds is 4. The average molecular weight is 169 g/mol. The van der Waals surface area contributed by atoms with Gasteiger partial charge in [-0.3, -0.25) is 4.99 Å². The van der Waals surface area contributed by atoms with Crippen LogP contribution in [-0.2, 0) is 0 Å². The van der Waals surface area contributed by atoms with Crippen molar-refractivity contribution in [2.75, 3.05) is 6.54 Å². The van der Waals surface area contributed by atoms with Gasteiger partial charge in [-0.25, -0.2) is 0 Å². The van der Waals surface area contributed by atoms with E-state index in [-0.39, 0.29) is 5.96 Å². The van der Waals surface area contributed by atoms with Gasteiger partial charge in [0, 0.05) is 6.54 Å². The number of hydrogen-bond donors (Lipinski definition) is 2. The molecule has 1 aliphatic rings. The average Bonchev–Trinajstić information content (AvgIpc) is 2.62. The third kappa shape index (κ3) is 3.11. The predicted octanol–water partition coefficient (Wildman–Crippen LogP) is 0.942. The molecule has 0 aromatic heterocycles. The Balaban J connectivity index is 2.12. The second-order valence-electron chi connectivity index (χ2n) is 4.15. The molecule has 1 fully saturated rings. The number of guanidine groups is 1. The first-order chi connectivity index (χ1) is 5.59. The summed E-state index contributed by atoms with van der Waals surface area (Å²) in [6, 6.07) is 0. The van der Waals surface area contributed by atoms with E-state index >= 15 is 0 Å². The number of hydrogen-bond acceptors (Lipinski definition) is 1. The van der Waals surface area contributed by atoms with Gasteiger partial charge in [-0.2, -0.15) is 0 Å². The highest BCUT2D eigenvalue weighted by Gasteiger charge is 2.36. The normalized spacial score (nSPS) is 27.2. The Hall–Kier alpha value is -0.730. The van der Waals surface area contributed by atoms with Gasteiger partial charge in [-0.1, -0.05) is 13.8 Å². The van der Waals surface area contributed by atoms with Crippen LogP contribution in [0.2, 0.25) is 0 Å². The molecule has 12 heavy (non-hydrogen) atoms. The van der Waals surface area contributed by atoms with E-state index in [4.69, 9.17) is 11.5 Å². The fourth-order valence-electron chi connectivity index (χ4n) is 1.65. The first-order valence-electron chi connectivity index (χ1n) is 4.65. The van der Waals surface area contributed by atoms with Gasteiger partial charge in [0.05, 0.1) is 0 Å². The van der Waals surface area contributed by atoms with E-state index in [1.54, 1.807) is 0 Å². The monoisotopic (exact) mass is 169 g/mol. The molecule has 0 aromatic rings. The highest BCUT2D eigenvalue weighted by atomic mass is 15.0. The summed E-state index contributed by atoms with van der Waals surface area (Å²) >= 11 is 0. The molecule has 1 aliphatic carbocycles. The van der Waals surface area contributed by atoms with Gasteiger partial charge in [0.2, 0.25) is 0 Å². The van der Waals surface area contributed by atoms with Gasteiger partial charge in [-0.15, -0.1) is 0 Å². The van der Waals surface area contributed by atoms with Crippen LogP contribution < -0.4 is 11.5 Å². The zero-order valence-corrected chi connectivity index (χ0v) is 7.96. The highest BCUT2D eigenvalue weighted by Crippen LogP contribution is 2.43. The fraction of sp³-hybridized carbons (Fsp3) is 0.889. The lowest BCUT2D eigenvalue weighted by atomic mass is 10.1. The van der Waals surface area contributed by atoms with Crippen LogP contribution in [0.4, 0.5) is 0 Å². The summed E-state index contributed by atoms with van der Waals surface area (Å²) in [6.45, 7) is 5.35. The molecule has 1 rings (SSSR count). The second-order valence-corrected chi connectivity index (χ2v) is 4.15. The number of aliphatic imine (C=N–C) groups is 1. The number of nitrogens with two attached hydrogens (primary N) is 2. The Morgan fingerprint density at radius 2 is 2.08 bits per heavy atom. The fourth-order valence-corrected chi connectivity index (χ4v) is 1.65. The van der Waals surface area contributed by atoms with E-state index < -0.39 is 0 Å². The maximum Gasteiger partial charge on any atom is 0.185 e. The zero-order chi connectivity index (χ0) is 9.14. The minimum atomic E-state index is 0.227. The third-order valence-corrected chi connectivity index (χ3v) is 2.35. The maximum atomic E-state index is 5.24. The number of nitrogens with zero attached hydrogens (tertiary/aromatic N) is 1. The van der Waals surface area contributed by atoms with Crippen LogP contribution in [-0.4, -0.2) is 12.5 Å². The lowest BCUT2D eigenvalue weighted by Crippen LogP contribution is -2.23. The van der Waals surface area contributed by atoms with Crippen molar-refractivity contribution in [1.82, 2.24) is 0 Å². The topological polar surface area (TPSA) is 64.4 Å². The quantitative estimate of drug-likeness (QED) is 0.486. The summed E-state index contributed by atoms with van der Waals surface area (Å²) in [7, 11) is 0. The van der Waals surface area contributed by atoms with Crippen molar-refractivity contribution < 1.29 is 0 Å². The molecular formula is C9H19N3. The molecule has 70 valence electrons. The molecule has 0 radical (unpaired) electrons. The van der Waals surface area contributed by atoms with E-state index in [1.165, 1.54) is 12.8 Å². The van der Waals surface area contributed by atoms with Crippen LogP contribution in [0, 0.1) is 17.8 Å². The van der Waals surface area contributed by atoms with Gasteiger partial charge in [0.1, 0.15) is 0 Å². The van der Waals surface area contributed by atoms with E-state index in [9.17, 15) is 0 Å². The molecule has 2 unspecified atom stereocenters. The van der Waals surface area contributed by atoms with Crippen molar-refractivity contribution in [1.29, 1.82) is 0 Å². The van der Waals surface area contributed by atoms with E-state index in [0.717, 1.165) is 24.3 Å². The maximum absolute atomic E-state index is 5.24. The van der Waals surface area contributed by atoms with Crippen LogP contribution in [0.1, 0.15) is 26.7 Å². The lowest BCUT2D eigenvalue weighted by molar-refractivity contribution is 0.514. The SMILES string of the molecule is CC(C)CC1CC1CN=C(N)N. The van der Waals surface area contributed by atoms with Crippen molar-refractivity contribution in [2.24, 2.45) is 34.2 Å². The second kappa shape index (κ2) is 3.78. The van der Waals surface area contributed by atoms with Gasteiger partial charge < -0.3 is 11.5 Å². The summed E-state index contributed by atoms with van der Waals surface area (Å²) in [5, 5.41) is 0. The zero-order valence-electron chi connectivity index (χ0n) is 7.96. The van der Waals surface area contributed by atoms with Gasteiger partial charge in [0.15, 0.2) is 5.96 Å². The summed E-state index contributed by atoms with van der Waals surface area (Å²) in [4.78, 5) is 4.02. The van der Waals surface area contributed by atoms with Crippen molar-refractivity contribution in [3.8, 4) is 0 Å². The molecule has 4 N–H and O–H groups in total. The molecule has 0 aliphatic heterocycles. The largest absolute Gasteiger partial charge is 0.370 e. The highest BCUT2D eigenvalue weighted by molar-refractivity contribution is 5.75. The Kier molecular flexibility index (Phi) is 2.95. The van der Waals surface area contributed by atoms with Crippen molar-refractivity contribution in [3.05, 3.63) is 0 Å². The van der Waals surface area contributed by atoms with E-state index in [1.807, 2.05) is 0 Å². The summed E-state index contributed by atoms with van der Waals surface area (Å²) < 4.78 is 0. The molecule has 0 amide bonds. The Labute approximate surface area is 74.2 Å². The van der Waals surface area contributed by atoms with Crippen LogP contribution in [0.3, 0.4) is 0 Å². The smallest absolute Gasteiger partial charge is 0.185 e. The summed E-state index contributed by atoms with van der Waals surface area (Å²) in [6.07, 6.45) is 2.64. The Bertz CT molecular complexity index is 171. The first-order valence-corrected chi connectivity index (χ1v) is 4.65. The van der Waals surface area contributed by atoms with Crippen molar-refractivity contribution >= 4 is 5.96 Å². The predicted molar refractivity (Wildman–Crippen MR) is 51.7 cm³/mol. The van der Waals surface area contributed by atoms with Crippen molar-refractivity contribution in [2.45, 2.75) is 26.7 Å². The molecule has 2 atom stereocenters. The molecular weight excluding hydrogens is 150 g/mol. The summed E-state index contributed by atoms with van der Waals surface area (Å²) in [5.41, 5.74) is 10.5. The molecule has 0 heterocycles. The molecule has 3 heteroatoms. The lowest BCUT2D eigenvalue weighted by Gasteiger charge is -2.01. The van der Waals surface area contributed by atoms with E-state index in [0.29, 0.717) is 0 Å². The molecule has 3 nitrogen and oxygen atoms in total. The molecule has 0 aromatic carbocycles. The van der Waals surface area contributed by atoms with Gasteiger partial charge in [0.25, 0.3) is 0 Å². The minimum absolute atomic E-state index is 0.227. The molecule has 0 bridgehead atoms.